The number of nitrogens with zero attached hydrogens (tertiary/aromatic N) is 3. The Hall–Kier alpha value is -2.15. The lowest BCUT2D eigenvalue weighted by atomic mass is 10.3. The molecule has 3 aromatic rings. The maximum atomic E-state index is 12.1. The number of hydrogen-bond donors (Lipinski definition) is 1. The zero-order valence-electron chi connectivity index (χ0n) is 11.6. The van der Waals surface area contributed by atoms with Crippen LogP contribution in [-0.4, -0.2) is 20.4 Å². The molecule has 1 aliphatic carbocycles. The molecule has 3 heterocycles. The van der Waals surface area contributed by atoms with Gasteiger partial charge in [-0.1, -0.05) is 5.16 Å². The average Bonchev–Trinajstić information content (AvgIpc) is 3.10. The molecular weight excluding hydrogens is 348 g/mol. The molecule has 3 aromatic heterocycles. The summed E-state index contributed by atoms with van der Waals surface area (Å²) in [5, 5.41) is 6.64. The van der Waals surface area contributed by atoms with Gasteiger partial charge in [0.2, 0.25) is 0 Å². The molecule has 0 spiro atoms. The van der Waals surface area contributed by atoms with E-state index in [1.807, 2.05) is 28.9 Å². The smallest absolute Gasteiger partial charge is 0.273 e. The van der Waals surface area contributed by atoms with Crippen LogP contribution in [-0.2, 0) is 6.54 Å². The molecule has 4 rings (SSSR count). The van der Waals surface area contributed by atoms with Gasteiger partial charge in [0.15, 0.2) is 5.69 Å². The summed E-state index contributed by atoms with van der Waals surface area (Å²) in [6.07, 6.45) is 6.05. The van der Waals surface area contributed by atoms with Crippen LogP contribution >= 0.6 is 15.9 Å². The zero-order valence-corrected chi connectivity index (χ0v) is 13.2. The molecule has 1 aliphatic rings. The third kappa shape index (κ3) is 2.64. The van der Waals surface area contributed by atoms with Crippen molar-refractivity contribution >= 4 is 27.5 Å². The minimum atomic E-state index is -0.242. The van der Waals surface area contributed by atoms with E-state index < -0.39 is 0 Å². The number of halogens is 1. The van der Waals surface area contributed by atoms with Crippen LogP contribution in [0.25, 0.3) is 5.65 Å². The van der Waals surface area contributed by atoms with Crippen LogP contribution in [0.5, 0.6) is 0 Å². The first-order valence-electron chi connectivity index (χ1n) is 7.07. The fourth-order valence-electron chi connectivity index (χ4n) is 2.32. The largest absolute Gasteiger partial charge is 0.360 e. The summed E-state index contributed by atoms with van der Waals surface area (Å²) in [4.78, 5) is 16.5. The highest BCUT2D eigenvalue weighted by Crippen LogP contribution is 2.40. The summed E-state index contributed by atoms with van der Waals surface area (Å²) in [5.41, 5.74) is 1.95. The second-order valence-electron chi connectivity index (χ2n) is 5.42. The molecule has 0 unspecified atom stereocenters. The van der Waals surface area contributed by atoms with Gasteiger partial charge in [-0.05, 0) is 40.9 Å². The van der Waals surface area contributed by atoms with E-state index >= 15 is 0 Å². The number of pyridine rings is 1. The van der Waals surface area contributed by atoms with Crippen molar-refractivity contribution < 1.29 is 9.32 Å². The SMILES string of the molecule is O=C(NCc1cn2cc(Br)ccc2n1)c1cc(C2CC2)on1. The van der Waals surface area contributed by atoms with Gasteiger partial charge in [-0.2, -0.15) is 0 Å². The summed E-state index contributed by atoms with van der Waals surface area (Å²) in [7, 11) is 0. The summed E-state index contributed by atoms with van der Waals surface area (Å²) in [5.74, 6) is 1.02. The number of imidazole rings is 1. The molecule has 22 heavy (non-hydrogen) atoms. The number of carbonyl (C=O) groups excluding carboxylic acids is 1. The Bertz CT molecular complexity index is 850. The van der Waals surface area contributed by atoms with Crippen LogP contribution in [0.3, 0.4) is 0 Å². The molecule has 7 heteroatoms. The number of amides is 1. The Morgan fingerprint density at radius 2 is 2.27 bits per heavy atom. The van der Waals surface area contributed by atoms with Crippen molar-refractivity contribution in [2.45, 2.75) is 25.3 Å². The van der Waals surface area contributed by atoms with Crippen molar-refractivity contribution in [3.8, 4) is 0 Å². The van der Waals surface area contributed by atoms with Gasteiger partial charge in [-0.3, -0.25) is 4.79 Å². The van der Waals surface area contributed by atoms with Crippen molar-refractivity contribution in [2.24, 2.45) is 0 Å². The average molecular weight is 361 g/mol. The molecule has 0 saturated heterocycles. The number of carbonyl (C=O) groups is 1. The molecule has 0 aliphatic heterocycles. The van der Waals surface area contributed by atoms with E-state index in [1.54, 1.807) is 6.07 Å². The Labute approximate surface area is 134 Å². The summed E-state index contributed by atoms with van der Waals surface area (Å²) in [6.45, 7) is 0.351. The Kier molecular flexibility index (Phi) is 3.22. The van der Waals surface area contributed by atoms with Crippen LogP contribution in [0.4, 0.5) is 0 Å². The highest BCUT2D eigenvalue weighted by Gasteiger charge is 2.28. The number of hydrogen-bond acceptors (Lipinski definition) is 4. The number of nitrogens with one attached hydrogen (secondary N) is 1. The minimum Gasteiger partial charge on any atom is -0.360 e. The summed E-state index contributed by atoms with van der Waals surface area (Å²) >= 11 is 3.42. The third-order valence-corrected chi connectivity index (χ3v) is 4.10. The lowest BCUT2D eigenvalue weighted by molar-refractivity contribution is 0.0941. The Morgan fingerprint density at radius 1 is 1.41 bits per heavy atom. The Balaban J connectivity index is 1.44. The second-order valence-corrected chi connectivity index (χ2v) is 6.33. The molecule has 0 aromatic carbocycles. The number of fused-ring (bicyclic) bond motifs is 1. The van der Waals surface area contributed by atoms with Crippen molar-refractivity contribution in [1.82, 2.24) is 19.9 Å². The van der Waals surface area contributed by atoms with Gasteiger partial charge < -0.3 is 14.2 Å². The molecule has 6 nitrogen and oxygen atoms in total. The van der Waals surface area contributed by atoms with Crippen LogP contribution in [0, 0.1) is 0 Å². The predicted octanol–water partition coefficient (Wildman–Crippen LogP) is 2.89. The molecule has 1 N–H and O–H groups in total. The number of rotatable bonds is 4. The molecule has 112 valence electrons. The van der Waals surface area contributed by atoms with Crippen molar-refractivity contribution in [2.75, 3.05) is 0 Å². The summed E-state index contributed by atoms with van der Waals surface area (Å²) < 4.78 is 8.07. The Morgan fingerprint density at radius 3 is 3.09 bits per heavy atom. The maximum Gasteiger partial charge on any atom is 0.273 e. The fraction of sp³-hybridized carbons (Fsp3) is 0.267. The molecule has 1 fully saturated rings. The van der Waals surface area contributed by atoms with Gasteiger partial charge in [0, 0.05) is 28.9 Å². The molecule has 0 bridgehead atoms. The van der Waals surface area contributed by atoms with Crippen LogP contribution < -0.4 is 5.32 Å². The van der Waals surface area contributed by atoms with Gasteiger partial charge in [0.25, 0.3) is 5.91 Å². The first kappa shape index (κ1) is 13.5. The molecule has 1 saturated carbocycles. The fourth-order valence-corrected chi connectivity index (χ4v) is 2.67. The van der Waals surface area contributed by atoms with Crippen LogP contribution in [0.15, 0.2) is 39.6 Å². The van der Waals surface area contributed by atoms with E-state index in [2.05, 4.69) is 31.4 Å². The topological polar surface area (TPSA) is 72.4 Å². The minimum absolute atomic E-state index is 0.242. The third-order valence-electron chi connectivity index (χ3n) is 3.64. The van der Waals surface area contributed by atoms with Gasteiger partial charge in [0.05, 0.1) is 12.2 Å². The first-order valence-corrected chi connectivity index (χ1v) is 7.86. The molecule has 1 amide bonds. The maximum absolute atomic E-state index is 12.1. The van der Waals surface area contributed by atoms with E-state index in [9.17, 15) is 4.79 Å². The van der Waals surface area contributed by atoms with Gasteiger partial charge in [-0.15, -0.1) is 0 Å². The van der Waals surface area contributed by atoms with Crippen molar-refractivity contribution in [3.05, 3.63) is 52.2 Å². The van der Waals surface area contributed by atoms with E-state index in [4.69, 9.17) is 4.52 Å². The lowest BCUT2D eigenvalue weighted by Crippen LogP contribution is -2.23. The highest BCUT2D eigenvalue weighted by atomic mass is 79.9. The van der Waals surface area contributed by atoms with E-state index in [-0.39, 0.29) is 5.91 Å². The second kappa shape index (κ2) is 5.24. The van der Waals surface area contributed by atoms with E-state index in [0.29, 0.717) is 18.2 Å². The van der Waals surface area contributed by atoms with Gasteiger partial charge in [-0.25, -0.2) is 4.98 Å². The predicted molar refractivity (Wildman–Crippen MR) is 82.5 cm³/mol. The summed E-state index contributed by atoms with van der Waals surface area (Å²) in [6, 6.07) is 5.57. The van der Waals surface area contributed by atoms with Crippen molar-refractivity contribution in [3.63, 3.8) is 0 Å². The first-order chi connectivity index (χ1) is 10.7. The molecular formula is C15H13BrN4O2. The zero-order chi connectivity index (χ0) is 15.1. The standard InChI is InChI=1S/C15H13BrN4O2/c16-10-3-4-14-18-11(8-20(14)7-10)6-17-15(21)12-5-13(22-19-12)9-1-2-9/h3-5,7-9H,1-2,6H2,(H,17,21). The van der Waals surface area contributed by atoms with E-state index in [1.165, 1.54) is 0 Å². The van der Waals surface area contributed by atoms with Gasteiger partial charge >= 0.3 is 0 Å². The van der Waals surface area contributed by atoms with Gasteiger partial charge in [0.1, 0.15) is 11.4 Å². The molecule has 0 radical (unpaired) electrons. The molecule has 0 atom stereocenters. The quantitative estimate of drug-likeness (QED) is 0.776. The normalized spacial score (nSPS) is 14.4. The highest BCUT2D eigenvalue weighted by molar-refractivity contribution is 9.10. The van der Waals surface area contributed by atoms with Crippen LogP contribution in [0.1, 0.15) is 40.7 Å². The van der Waals surface area contributed by atoms with Crippen LogP contribution in [0.2, 0.25) is 0 Å². The number of aromatic nitrogens is 3. The van der Waals surface area contributed by atoms with E-state index in [0.717, 1.165) is 34.4 Å². The van der Waals surface area contributed by atoms with Crippen molar-refractivity contribution in [1.29, 1.82) is 0 Å². The monoisotopic (exact) mass is 360 g/mol. The lowest BCUT2D eigenvalue weighted by Gasteiger charge is -1.98.